The van der Waals surface area contributed by atoms with Gasteiger partial charge in [-0.05, 0) is 23.6 Å². The van der Waals surface area contributed by atoms with Crippen LogP contribution in [0.15, 0.2) is 24.3 Å². The number of rotatable bonds is 6. The number of nitrogens with one attached hydrogen (secondary N) is 1. The molecule has 1 amide bonds. The molecule has 0 fully saturated rings. The number of hydrogen-bond donors (Lipinski definition) is 3. The van der Waals surface area contributed by atoms with Crippen molar-refractivity contribution >= 4 is 23.5 Å². The van der Waals surface area contributed by atoms with Crippen LogP contribution in [-0.4, -0.2) is 34.7 Å². The van der Waals surface area contributed by atoms with Gasteiger partial charge in [0.1, 0.15) is 6.04 Å². The zero-order valence-corrected chi connectivity index (χ0v) is 12.1. The predicted octanol–water partition coefficient (Wildman–Crippen LogP) is 1.64. The van der Waals surface area contributed by atoms with E-state index in [9.17, 15) is 9.59 Å². The van der Waals surface area contributed by atoms with E-state index in [1.165, 1.54) is 0 Å². The topological polar surface area (TPSA) is 86.6 Å². The molecule has 0 radical (unpaired) electrons. The highest BCUT2D eigenvalue weighted by molar-refractivity contribution is 6.30. The van der Waals surface area contributed by atoms with Crippen molar-refractivity contribution in [2.75, 3.05) is 6.61 Å². The normalized spacial score (nSPS) is 13.8. The predicted molar refractivity (Wildman–Crippen MR) is 75.7 cm³/mol. The molecule has 3 N–H and O–H groups in total. The van der Waals surface area contributed by atoms with E-state index >= 15 is 0 Å². The molecular formula is C14H18ClNO4. The SMILES string of the molecule is CC(C)C(C(=O)NC(CO)C(=O)O)c1ccc(Cl)cc1. The Morgan fingerprint density at radius 2 is 1.80 bits per heavy atom. The van der Waals surface area contributed by atoms with Gasteiger partial charge in [0.05, 0.1) is 12.5 Å². The number of aliphatic carboxylic acids is 1. The van der Waals surface area contributed by atoms with E-state index in [0.29, 0.717) is 5.02 Å². The minimum absolute atomic E-state index is 0.0238. The fraction of sp³-hybridized carbons (Fsp3) is 0.429. The summed E-state index contributed by atoms with van der Waals surface area (Å²) in [6, 6.07) is 5.54. The summed E-state index contributed by atoms with van der Waals surface area (Å²) < 4.78 is 0. The number of benzene rings is 1. The fourth-order valence-electron chi connectivity index (χ4n) is 1.96. The van der Waals surface area contributed by atoms with Gasteiger partial charge in [0.15, 0.2) is 0 Å². The second-order valence-corrected chi connectivity index (χ2v) is 5.29. The number of carbonyl (C=O) groups is 2. The summed E-state index contributed by atoms with van der Waals surface area (Å²) >= 11 is 5.81. The average Bonchev–Trinajstić information content (AvgIpc) is 2.37. The van der Waals surface area contributed by atoms with E-state index < -0.39 is 30.4 Å². The minimum Gasteiger partial charge on any atom is -0.480 e. The lowest BCUT2D eigenvalue weighted by Crippen LogP contribution is -2.46. The van der Waals surface area contributed by atoms with Crippen LogP contribution in [0.25, 0.3) is 0 Å². The van der Waals surface area contributed by atoms with Crippen LogP contribution in [0.5, 0.6) is 0 Å². The molecule has 0 aromatic heterocycles. The molecule has 0 aliphatic rings. The van der Waals surface area contributed by atoms with E-state index in [0.717, 1.165) is 5.56 Å². The maximum absolute atomic E-state index is 12.2. The molecule has 0 saturated heterocycles. The standard InChI is InChI=1S/C14H18ClNO4/c1-8(2)12(9-3-5-10(15)6-4-9)13(18)16-11(7-17)14(19)20/h3-6,8,11-12,17H,7H2,1-2H3,(H,16,18)(H,19,20). The Balaban J connectivity index is 2.93. The van der Waals surface area contributed by atoms with Gasteiger partial charge in [-0.15, -0.1) is 0 Å². The van der Waals surface area contributed by atoms with Crippen LogP contribution in [0.4, 0.5) is 0 Å². The number of carboxylic acid groups (broad SMARTS) is 1. The van der Waals surface area contributed by atoms with Crippen molar-refractivity contribution in [2.45, 2.75) is 25.8 Å². The molecule has 6 heteroatoms. The Labute approximate surface area is 122 Å². The summed E-state index contributed by atoms with van der Waals surface area (Å²) in [5.41, 5.74) is 0.754. The number of hydrogen-bond acceptors (Lipinski definition) is 3. The largest absolute Gasteiger partial charge is 0.480 e. The highest BCUT2D eigenvalue weighted by atomic mass is 35.5. The van der Waals surface area contributed by atoms with Gasteiger partial charge in [-0.3, -0.25) is 4.79 Å². The first kappa shape index (κ1) is 16.5. The number of amides is 1. The van der Waals surface area contributed by atoms with Gasteiger partial charge in [-0.1, -0.05) is 37.6 Å². The first-order chi connectivity index (χ1) is 9.36. The highest BCUT2D eigenvalue weighted by Gasteiger charge is 2.28. The van der Waals surface area contributed by atoms with Crippen molar-refractivity contribution in [3.05, 3.63) is 34.9 Å². The maximum atomic E-state index is 12.2. The van der Waals surface area contributed by atoms with E-state index in [1.54, 1.807) is 24.3 Å². The molecule has 5 nitrogen and oxygen atoms in total. The number of aliphatic hydroxyl groups excluding tert-OH is 1. The molecule has 1 aromatic rings. The Kier molecular flexibility index (Phi) is 5.98. The number of aliphatic hydroxyl groups is 1. The van der Waals surface area contributed by atoms with Crippen LogP contribution in [0.3, 0.4) is 0 Å². The van der Waals surface area contributed by atoms with Crippen LogP contribution in [0.2, 0.25) is 5.02 Å². The first-order valence-electron chi connectivity index (χ1n) is 6.26. The third kappa shape index (κ3) is 4.21. The van der Waals surface area contributed by atoms with Gasteiger partial charge < -0.3 is 15.5 Å². The Hall–Kier alpha value is -1.59. The minimum atomic E-state index is -1.30. The Morgan fingerprint density at radius 3 is 2.20 bits per heavy atom. The number of carbonyl (C=O) groups excluding carboxylic acids is 1. The molecule has 0 aliphatic heterocycles. The second kappa shape index (κ2) is 7.26. The molecule has 2 atom stereocenters. The van der Waals surface area contributed by atoms with Gasteiger partial charge in [-0.2, -0.15) is 0 Å². The summed E-state index contributed by atoms with van der Waals surface area (Å²) in [6.45, 7) is 3.09. The van der Waals surface area contributed by atoms with Crippen LogP contribution in [0.1, 0.15) is 25.3 Å². The van der Waals surface area contributed by atoms with E-state index in [2.05, 4.69) is 5.32 Å². The van der Waals surface area contributed by atoms with Crippen molar-refractivity contribution in [1.29, 1.82) is 0 Å². The quantitative estimate of drug-likeness (QED) is 0.745. The molecular weight excluding hydrogens is 282 g/mol. The lowest BCUT2D eigenvalue weighted by molar-refractivity contribution is -0.143. The lowest BCUT2D eigenvalue weighted by atomic mass is 9.87. The number of carboxylic acids is 1. The monoisotopic (exact) mass is 299 g/mol. The van der Waals surface area contributed by atoms with Crippen LogP contribution in [-0.2, 0) is 9.59 Å². The van der Waals surface area contributed by atoms with E-state index in [-0.39, 0.29) is 5.92 Å². The molecule has 0 heterocycles. The summed E-state index contributed by atoms with van der Waals surface area (Å²) in [5, 5.41) is 20.7. The van der Waals surface area contributed by atoms with Crippen molar-refractivity contribution < 1.29 is 19.8 Å². The summed E-state index contributed by atoms with van der Waals surface area (Å²) in [7, 11) is 0. The Morgan fingerprint density at radius 1 is 1.25 bits per heavy atom. The first-order valence-corrected chi connectivity index (χ1v) is 6.64. The van der Waals surface area contributed by atoms with Crippen molar-refractivity contribution in [1.82, 2.24) is 5.32 Å². The molecule has 0 spiro atoms. The van der Waals surface area contributed by atoms with Gasteiger partial charge in [0.25, 0.3) is 0 Å². The van der Waals surface area contributed by atoms with E-state index in [1.807, 2.05) is 13.8 Å². The Bertz CT molecular complexity index is 473. The lowest BCUT2D eigenvalue weighted by Gasteiger charge is -2.22. The van der Waals surface area contributed by atoms with Gasteiger partial charge in [0, 0.05) is 5.02 Å². The molecule has 110 valence electrons. The highest BCUT2D eigenvalue weighted by Crippen LogP contribution is 2.26. The third-order valence-corrected chi connectivity index (χ3v) is 3.23. The van der Waals surface area contributed by atoms with Crippen molar-refractivity contribution in [3.63, 3.8) is 0 Å². The zero-order chi connectivity index (χ0) is 15.3. The number of halogens is 1. The molecule has 1 aromatic carbocycles. The third-order valence-electron chi connectivity index (χ3n) is 2.98. The van der Waals surface area contributed by atoms with Crippen LogP contribution in [0, 0.1) is 5.92 Å². The average molecular weight is 300 g/mol. The van der Waals surface area contributed by atoms with Crippen LogP contribution < -0.4 is 5.32 Å². The molecule has 0 saturated carbocycles. The van der Waals surface area contributed by atoms with E-state index in [4.69, 9.17) is 21.8 Å². The van der Waals surface area contributed by atoms with Crippen molar-refractivity contribution in [3.8, 4) is 0 Å². The van der Waals surface area contributed by atoms with Gasteiger partial charge in [0.2, 0.25) is 5.91 Å². The summed E-state index contributed by atoms with van der Waals surface area (Å²) in [6.07, 6.45) is 0. The van der Waals surface area contributed by atoms with Crippen LogP contribution >= 0.6 is 11.6 Å². The maximum Gasteiger partial charge on any atom is 0.328 e. The summed E-state index contributed by atoms with van der Waals surface area (Å²) in [5.74, 6) is -2.21. The van der Waals surface area contributed by atoms with Gasteiger partial charge in [-0.25, -0.2) is 4.79 Å². The molecule has 20 heavy (non-hydrogen) atoms. The van der Waals surface area contributed by atoms with Gasteiger partial charge >= 0.3 is 5.97 Å². The smallest absolute Gasteiger partial charge is 0.328 e. The zero-order valence-electron chi connectivity index (χ0n) is 11.3. The molecule has 0 aliphatic carbocycles. The summed E-state index contributed by atoms with van der Waals surface area (Å²) in [4.78, 5) is 23.1. The molecule has 0 bridgehead atoms. The fourth-order valence-corrected chi connectivity index (χ4v) is 2.08. The second-order valence-electron chi connectivity index (χ2n) is 4.86. The molecule has 2 unspecified atom stereocenters. The molecule has 1 rings (SSSR count). The van der Waals surface area contributed by atoms with Crippen molar-refractivity contribution in [2.24, 2.45) is 5.92 Å².